The van der Waals surface area contributed by atoms with Crippen LogP contribution in [-0.2, 0) is 0 Å². The van der Waals surface area contributed by atoms with Crippen LogP contribution in [0.1, 0.15) is 105 Å². The third-order valence-corrected chi connectivity index (χ3v) is 10.3. The number of aliphatic hydroxyl groups excluding tert-OH is 1. The van der Waals surface area contributed by atoms with Gasteiger partial charge in [-0.2, -0.15) is 0 Å². The number of fused-ring (bicyclic) bond motifs is 5. The van der Waals surface area contributed by atoms with E-state index in [1.54, 1.807) is 5.57 Å². The Morgan fingerprint density at radius 3 is 2.54 bits per heavy atom. The van der Waals surface area contributed by atoms with Crippen molar-refractivity contribution in [2.75, 3.05) is 0 Å². The number of hydrogen-bond donors (Lipinski definition) is 1. The van der Waals surface area contributed by atoms with Crippen molar-refractivity contribution in [3.63, 3.8) is 0 Å². The summed E-state index contributed by atoms with van der Waals surface area (Å²) in [6.45, 7) is 12.6. The van der Waals surface area contributed by atoms with Crippen LogP contribution in [0.25, 0.3) is 0 Å². The van der Waals surface area contributed by atoms with Crippen LogP contribution in [-0.4, -0.2) is 11.2 Å². The molecule has 1 nitrogen and oxygen atoms in total. The van der Waals surface area contributed by atoms with Crippen molar-refractivity contribution in [2.45, 2.75) is 111 Å². The number of hydrogen-bond acceptors (Lipinski definition) is 1. The van der Waals surface area contributed by atoms with Crippen LogP contribution < -0.4 is 0 Å². The molecule has 4 rings (SSSR count). The van der Waals surface area contributed by atoms with Crippen LogP contribution in [0.2, 0.25) is 0 Å². The van der Waals surface area contributed by atoms with E-state index in [0.29, 0.717) is 10.8 Å². The summed E-state index contributed by atoms with van der Waals surface area (Å²) >= 11 is 0. The van der Waals surface area contributed by atoms with Crippen molar-refractivity contribution in [2.24, 2.45) is 46.3 Å². The normalized spacial score (nSPS) is 46.5. The van der Waals surface area contributed by atoms with Crippen LogP contribution >= 0.6 is 0 Å². The van der Waals surface area contributed by atoms with E-state index in [0.717, 1.165) is 48.3 Å². The molecule has 4 aliphatic carbocycles. The molecule has 0 aliphatic heterocycles. The van der Waals surface area contributed by atoms with E-state index in [9.17, 15) is 5.11 Å². The van der Waals surface area contributed by atoms with Crippen molar-refractivity contribution in [1.29, 1.82) is 0 Å². The SMILES string of the molecule is CC(C)CCC[C@@H](C)[C@H]1CC[C@H]2C3CC=C4CC(O)CCC4(C)[C@H]3CC[C@]12C. The molecule has 0 heterocycles. The first kappa shape index (κ1) is 21.0. The van der Waals surface area contributed by atoms with Crippen molar-refractivity contribution in [3.8, 4) is 0 Å². The molecule has 0 aromatic rings. The van der Waals surface area contributed by atoms with Crippen LogP contribution in [0.3, 0.4) is 0 Å². The fraction of sp³-hybridized carbons (Fsp3) is 0.926. The lowest BCUT2D eigenvalue weighted by atomic mass is 9.47. The van der Waals surface area contributed by atoms with Gasteiger partial charge in [-0.25, -0.2) is 0 Å². The monoisotopic (exact) mass is 386 g/mol. The Kier molecular flexibility index (Phi) is 5.80. The second-order valence-electron chi connectivity index (χ2n) is 12.2. The largest absolute Gasteiger partial charge is 0.393 e. The smallest absolute Gasteiger partial charge is 0.0577 e. The van der Waals surface area contributed by atoms with Gasteiger partial charge in [0.2, 0.25) is 0 Å². The standard InChI is InChI=1S/C27H46O/c1-18(2)7-6-8-19(3)23-11-12-24-22-10-9-20-17-21(28)13-15-26(20,4)25(22)14-16-27(23,24)5/h9,18-19,21-25,28H,6-8,10-17H2,1-5H3/t19-,21?,22?,23-,24+,25+,26?,27-/m1/s1. The minimum absolute atomic E-state index is 0.0766. The predicted molar refractivity (Wildman–Crippen MR) is 119 cm³/mol. The quantitative estimate of drug-likeness (QED) is 0.488. The van der Waals surface area contributed by atoms with E-state index in [1.165, 1.54) is 57.8 Å². The summed E-state index contributed by atoms with van der Waals surface area (Å²) in [7, 11) is 0. The summed E-state index contributed by atoms with van der Waals surface area (Å²) < 4.78 is 0. The topological polar surface area (TPSA) is 20.2 Å². The van der Waals surface area contributed by atoms with Crippen LogP contribution in [0.4, 0.5) is 0 Å². The molecule has 160 valence electrons. The van der Waals surface area contributed by atoms with E-state index < -0.39 is 0 Å². The van der Waals surface area contributed by atoms with Gasteiger partial charge in [0, 0.05) is 0 Å². The molecule has 3 fully saturated rings. The highest BCUT2D eigenvalue weighted by Crippen LogP contribution is 2.67. The Labute approximate surface area is 174 Å². The second-order valence-corrected chi connectivity index (χ2v) is 12.2. The maximum absolute atomic E-state index is 10.2. The summed E-state index contributed by atoms with van der Waals surface area (Å²) in [6, 6.07) is 0. The van der Waals surface area contributed by atoms with Crippen molar-refractivity contribution < 1.29 is 5.11 Å². The highest BCUT2D eigenvalue weighted by atomic mass is 16.3. The van der Waals surface area contributed by atoms with Crippen molar-refractivity contribution in [3.05, 3.63) is 11.6 Å². The third kappa shape index (κ3) is 3.42. The van der Waals surface area contributed by atoms with Gasteiger partial charge in [-0.1, -0.05) is 65.5 Å². The van der Waals surface area contributed by atoms with Gasteiger partial charge < -0.3 is 5.11 Å². The zero-order valence-electron chi connectivity index (χ0n) is 19.3. The molecule has 0 spiro atoms. The zero-order valence-corrected chi connectivity index (χ0v) is 19.3. The van der Waals surface area contributed by atoms with E-state index in [4.69, 9.17) is 0 Å². The Balaban J connectivity index is 1.49. The second kappa shape index (κ2) is 7.75. The summed E-state index contributed by atoms with van der Waals surface area (Å²) in [5.74, 6) is 5.46. The van der Waals surface area contributed by atoms with E-state index in [-0.39, 0.29) is 6.10 Å². The number of allylic oxidation sites excluding steroid dienone is 1. The molecule has 28 heavy (non-hydrogen) atoms. The first-order valence-corrected chi connectivity index (χ1v) is 12.6. The van der Waals surface area contributed by atoms with Crippen molar-refractivity contribution >= 4 is 0 Å². The fourth-order valence-corrected chi connectivity index (χ4v) is 8.67. The van der Waals surface area contributed by atoms with E-state index >= 15 is 0 Å². The molecule has 1 heteroatoms. The zero-order chi connectivity index (χ0) is 20.1. The first-order valence-electron chi connectivity index (χ1n) is 12.6. The molecule has 0 amide bonds. The Bertz CT molecular complexity index is 591. The summed E-state index contributed by atoms with van der Waals surface area (Å²) in [4.78, 5) is 0. The van der Waals surface area contributed by atoms with Gasteiger partial charge in [0.25, 0.3) is 0 Å². The number of aliphatic hydroxyl groups is 1. The van der Waals surface area contributed by atoms with Gasteiger partial charge >= 0.3 is 0 Å². The first-order chi connectivity index (χ1) is 13.3. The Morgan fingerprint density at radius 1 is 1.00 bits per heavy atom. The molecule has 4 aliphatic rings. The van der Waals surface area contributed by atoms with Gasteiger partial charge in [-0.05, 0) is 97.7 Å². The minimum atomic E-state index is -0.0766. The fourth-order valence-electron chi connectivity index (χ4n) is 8.67. The number of rotatable bonds is 5. The average Bonchev–Trinajstić information content (AvgIpc) is 2.99. The summed E-state index contributed by atoms with van der Waals surface area (Å²) in [5.41, 5.74) is 2.60. The molecule has 0 aromatic heterocycles. The maximum Gasteiger partial charge on any atom is 0.0577 e. The van der Waals surface area contributed by atoms with E-state index in [1.807, 2.05) is 0 Å². The van der Waals surface area contributed by atoms with Crippen LogP contribution in [0.15, 0.2) is 11.6 Å². The summed E-state index contributed by atoms with van der Waals surface area (Å²) in [6.07, 6.45) is 17.2. The highest BCUT2D eigenvalue weighted by Gasteiger charge is 2.59. The predicted octanol–water partition coefficient (Wildman–Crippen LogP) is 7.39. The average molecular weight is 387 g/mol. The molecule has 0 aromatic carbocycles. The molecule has 0 radical (unpaired) electrons. The molecular weight excluding hydrogens is 340 g/mol. The molecule has 1 N–H and O–H groups in total. The maximum atomic E-state index is 10.2. The molecule has 3 unspecified atom stereocenters. The van der Waals surface area contributed by atoms with Crippen LogP contribution in [0, 0.1) is 46.3 Å². The van der Waals surface area contributed by atoms with Gasteiger partial charge in [-0.3, -0.25) is 0 Å². The van der Waals surface area contributed by atoms with Gasteiger partial charge in [0.05, 0.1) is 6.10 Å². The Hall–Kier alpha value is -0.300. The summed E-state index contributed by atoms with van der Waals surface area (Å²) in [5, 5.41) is 10.2. The van der Waals surface area contributed by atoms with Gasteiger partial charge in [0.1, 0.15) is 0 Å². The minimum Gasteiger partial charge on any atom is -0.393 e. The molecule has 3 saturated carbocycles. The third-order valence-electron chi connectivity index (χ3n) is 10.3. The lowest BCUT2D eigenvalue weighted by molar-refractivity contribution is -0.0573. The molecular formula is C27H46O. The van der Waals surface area contributed by atoms with Gasteiger partial charge in [0.15, 0.2) is 0 Å². The molecule has 0 bridgehead atoms. The highest BCUT2D eigenvalue weighted by molar-refractivity contribution is 5.25. The van der Waals surface area contributed by atoms with E-state index in [2.05, 4.69) is 40.7 Å². The molecule has 0 saturated heterocycles. The van der Waals surface area contributed by atoms with Crippen LogP contribution in [0.5, 0.6) is 0 Å². The Morgan fingerprint density at radius 2 is 1.79 bits per heavy atom. The lowest BCUT2D eigenvalue weighted by Gasteiger charge is -2.58. The van der Waals surface area contributed by atoms with Gasteiger partial charge in [-0.15, -0.1) is 0 Å². The molecule has 8 atom stereocenters. The van der Waals surface area contributed by atoms with Crippen molar-refractivity contribution in [1.82, 2.24) is 0 Å². The lowest BCUT2D eigenvalue weighted by Crippen LogP contribution is -2.50.